The summed E-state index contributed by atoms with van der Waals surface area (Å²) in [6.45, 7) is 1.99. The Bertz CT molecular complexity index is 1300. The topological polar surface area (TPSA) is 111 Å². The van der Waals surface area contributed by atoms with E-state index in [-0.39, 0.29) is 24.0 Å². The van der Waals surface area contributed by atoms with E-state index < -0.39 is 0 Å². The fraction of sp³-hybridized carbons (Fsp3) is 0.227. The van der Waals surface area contributed by atoms with Crippen molar-refractivity contribution < 1.29 is 14.3 Å². The van der Waals surface area contributed by atoms with Gasteiger partial charge in [-0.2, -0.15) is 0 Å². The van der Waals surface area contributed by atoms with Gasteiger partial charge in [-0.25, -0.2) is 4.98 Å². The molecule has 0 aliphatic rings. The second kappa shape index (κ2) is 10.0. The number of nitrogens with one attached hydrogen (secondary N) is 2. The fourth-order valence-electron chi connectivity index (χ4n) is 2.98. The Morgan fingerprint density at radius 3 is 2.64 bits per heavy atom. The first-order valence-electron chi connectivity index (χ1n) is 10.0. The molecular weight excluding hydrogens is 460 g/mol. The van der Waals surface area contributed by atoms with Gasteiger partial charge in [0.05, 0.1) is 29.5 Å². The lowest BCUT2D eigenvalue weighted by atomic mass is 10.2. The number of fused-ring (bicyclic) bond motifs is 1. The second-order valence-corrected chi connectivity index (χ2v) is 9.21. The van der Waals surface area contributed by atoms with E-state index in [1.54, 1.807) is 18.7 Å². The first-order valence-corrected chi connectivity index (χ1v) is 11.8. The van der Waals surface area contributed by atoms with Crippen LogP contribution in [0.3, 0.4) is 0 Å². The van der Waals surface area contributed by atoms with Crippen molar-refractivity contribution in [3.63, 3.8) is 0 Å². The number of nitrogens with zero attached hydrogens (tertiary/aromatic N) is 4. The van der Waals surface area contributed by atoms with Crippen LogP contribution < -0.4 is 15.4 Å². The normalized spacial score (nSPS) is 10.9. The summed E-state index contributed by atoms with van der Waals surface area (Å²) in [5, 5.41) is 14.9. The molecule has 0 bridgehead atoms. The lowest BCUT2D eigenvalue weighted by Crippen LogP contribution is -2.17. The number of hydrogen-bond donors (Lipinski definition) is 2. The van der Waals surface area contributed by atoms with E-state index >= 15 is 0 Å². The Morgan fingerprint density at radius 2 is 1.88 bits per heavy atom. The molecule has 2 amide bonds. The minimum Gasteiger partial charge on any atom is -0.497 e. The van der Waals surface area contributed by atoms with Crippen molar-refractivity contribution in [3.8, 4) is 5.75 Å². The van der Waals surface area contributed by atoms with Crippen LogP contribution in [-0.4, -0.2) is 44.4 Å². The number of ether oxygens (including phenoxy) is 1. The standard InChI is InChI=1S/C22H22N6O3S2/c1-13-4-6-14(7-5-13)23-19(29)11-18-26-27-22(28(18)2)32-12-20(30)25-21-24-16-9-8-15(31-3)10-17(16)33-21/h4-10H,11-12H2,1-3H3,(H,23,29)(H,24,25,30). The summed E-state index contributed by atoms with van der Waals surface area (Å²) in [7, 11) is 3.38. The monoisotopic (exact) mass is 482 g/mol. The molecule has 11 heteroatoms. The lowest BCUT2D eigenvalue weighted by molar-refractivity contribution is -0.116. The Morgan fingerprint density at radius 1 is 1.09 bits per heavy atom. The number of methoxy groups -OCH3 is 1. The molecule has 0 fully saturated rings. The maximum Gasteiger partial charge on any atom is 0.236 e. The van der Waals surface area contributed by atoms with Crippen LogP contribution in [0.15, 0.2) is 47.6 Å². The molecule has 2 aromatic heterocycles. The van der Waals surface area contributed by atoms with Crippen LogP contribution in [0.4, 0.5) is 10.8 Å². The van der Waals surface area contributed by atoms with Gasteiger partial charge in [-0.05, 0) is 37.3 Å². The molecule has 4 rings (SSSR count). The Balaban J connectivity index is 1.31. The predicted octanol–water partition coefficient (Wildman–Crippen LogP) is 3.65. The Kier molecular flexibility index (Phi) is 6.90. The number of hydrogen-bond acceptors (Lipinski definition) is 8. The van der Waals surface area contributed by atoms with Crippen molar-refractivity contribution in [2.24, 2.45) is 7.05 Å². The molecule has 0 saturated carbocycles. The molecule has 170 valence electrons. The maximum atomic E-state index is 12.4. The van der Waals surface area contributed by atoms with Gasteiger partial charge in [-0.1, -0.05) is 40.8 Å². The van der Waals surface area contributed by atoms with Gasteiger partial charge in [0, 0.05) is 12.7 Å². The highest BCUT2D eigenvalue weighted by molar-refractivity contribution is 7.99. The van der Waals surface area contributed by atoms with E-state index in [1.165, 1.54) is 23.1 Å². The number of benzene rings is 2. The fourth-order valence-corrected chi connectivity index (χ4v) is 4.62. The molecule has 0 radical (unpaired) electrons. The number of carbonyl (C=O) groups is 2. The average molecular weight is 483 g/mol. The quantitative estimate of drug-likeness (QED) is 0.369. The summed E-state index contributed by atoms with van der Waals surface area (Å²) in [5.41, 5.74) is 2.65. The molecule has 33 heavy (non-hydrogen) atoms. The minimum atomic E-state index is -0.201. The maximum absolute atomic E-state index is 12.4. The van der Waals surface area contributed by atoms with Crippen LogP contribution in [0, 0.1) is 6.92 Å². The van der Waals surface area contributed by atoms with Crippen molar-refractivity contribution in [2.45, 2.75) is 18.5 Å². The SMILES string of the molecule is COc1ccc2nc(NC(=O)CSc3nnc(CC(=O)Nc4ccc(C)cc4)n3C)sc2c1. The Labute approximate surface area is 198 Å². The minimum absolute atomic E-state index is 0.0826. The van der Waals surface area contributed by atoms with Crippen LogP contribution in [0.1, 0.15) is 11.4 Å². The molecule has 0 saturated heterocycles. The van der Waals surface area contributed by atoms with Gasteiger partial charge in [0.1, 0.15) is 11.6 Å². The summed E-state index contributed by atoms with van der Waals surface area (Å²) in [6.07, 6.45) is 0.0826. The van der Waals surface area contributed by atoms with Crippen molar-refractivity contribution >= 4 is 55.9 Å². The summed E-state index contributed by atoms with van der Waals surface area (Å²) in [6, 6.07) is 13.1. The summed E-state index contributed by atoms with van der Waals surface area (Å²) in [4.78, 5) is 29.2. The zero-order chi connectivity index (χ0) is 23.4. The van der Waals surface area contributed by atoms with Crippen LogP contribution in [0.25, 0.3) is 10.2 Å². The first-order chi connectivity index (χ1) is 15.9. The molecular formula is C22H22N6O3S2. The Hall–Kier alpha value is -3.44. The molecule has 0 spiro atoms. The van der Waals surface area contributed by atoms with E-state index in [1.807, 2.05) is 49.4 Å². The van der Waals surface area contributed by atoms with E-state index in [0.29, 0.717) is 16.1 Å². The number of thioether (sulfide) groups is 1. The highest BCUT2D eigenvalue weighted by atomic mass is 32.2. The molecule has 4 aromatic rings. The van der Waals surface area contributed by atoms with Crippen LogP contribution in [-0.2, 0) is 23.1 Å². The number of thiazole rings is 1. The van der Waals surface area contributed by atoms with E-state index in [0.717, 1.165) is 27.2 Å². The number of anilines is 2. The molecule has 2 aromatic carbocycles. The number of rotatable bonds is 8. The first kappa shape index (κ1) is 22.7. The van der Waals surface area contributed by atoms with Gasteiger partial charge in [0.2, 0.25) is 11.8 Å². The molecule has 2 N–H and O–H groups in total. The van der Waals surface area contributed by atoms with Crippen molar-refractivity contribution in [2.75, 3.05) is 23.5 Å². The summed E-state index contributed by atoms with van der Waals surface area (Å²) in [5.74, 6) is 1.01. The number of aryl methyl sites for hydroxylation is 1. The molecule has 0 aliphatic heterocycles. The van der Waals surface area contributed by atoms with Gasteiger partial charge in [-0.3, -0.25) is 9.59 Å². The molecule has 2 heterocycles. The summed E-state index contributed by atoms with van der Waals surface area (Å²) >= 11 is 2.63. The van der Waals surface area contributed by atoms with Crippen LogP contribution in [0.5, 0.6) is 5.75 Å². The van der Waals surface area contributed by atoms with Gasteiger partial charge >= 0.3 is 0 Å². The smallest absolute Gasteiger partial charge is 0.236 e. The molecule has 9 nitrogen and oxygen atoms in total. The predicted molar refractivity (Wildman–Crippen MR) is 130 cm³/mol. The van der Waals surface area contributed by atoms with E-state index in [4.69, 9.17) is 4.74 Å². The molecule has 0 atom stereocenters. The van der Waals surface area contributed by atoms with Gasteiger partial charge in [0.15, 0.2) is 10.3 Å². The third-order valence-corrected chi connectivity index (χ3v) is 6.71. The number of aromatic nitrogens is 4. The third kappa shape index (κ3) is 5.68. The second-order valence-electron chi connectivity index (χ2n) is 7.24. The third-order valence-electron chi connectivity index (χ3n) is 4.75. The van der Waals surface area contributed by atoms with Gasteiger partial charge in [-0.15, -0.1) is 10.2 Å². The average Bonchev–Trinajstić information content (AvgIpc) is 3.35. The molecule has 0 aliphatic carbocycles. The van der Waals surface area contributed by atoms with Crippen molar-refractivity contribution in [1.82, 2.24) is 19.7 Å². The highest BCUT2D eigenvalue weighted by Crippen LogP contribution is 2.29. The zero-order valence-corrected chi connectivity index (χ0v) is 19.9. The van der Waals surface area contributed by atoms with Gasteiger partial charge < -0.3 is 19.9 Å². The summed E-state index contributed by atoms with van der Waals surface area (Å²) < 4.78 is 7.87. The van der Waals surface area contributed by atoms with Crippen molar-refractivity contribution in [3.05, 3.63) is 53.9 Å². The van der Waals surface area contributed by atoms with Gasteiger partial charge in [0.25, 0.3) is 0 Å². The highest BCUT2D eigenvalue weighted by Gasteiger charge is 2.15. The van der Waals surface area contributed by atoms with Crippen LogP contribution in [0.2, 0.25) is 0 Å². The molecule has 0 unspecified atom stereocenters. The van der Waals surface area contributed by atoms with Crippen LogP contribution >= 0.6 is 23.1 Å². The van der Waals surface area contributed by atoms with E-state index in [9.17, 15) is 9.59 Å². The number of amides is 2. The lowest BCUT2D eigenvalue weighted by Gasteiger charge is -2.06. The number of carbonyl (C=O) groups excluding carboxylic acids is 2. The largest absolute Gasteiger partial charge is 0.497 e. The van der Waals surface area contributed by atoms with Crippen molar-refractivity contribution in [1.29, 1.82) is 0 Å². The zero-order valence-electron chi connectivity index (χ0n) is 18.3. The van der Waals surface area contributed by atoms with E-state index in [2.05, 4.69) is 25.8 Å².